The molecule has 0 saturated carbocycles. The molecule has 0 fully saturated rings. The van der Waals surface area contributed by atoms with Crippen molar-refractivity contribution in [3.8, 4) is 5.75 Å². The van der Waals surface area contributed by atoms with Gasteiger partial charge in [-0.3, -0.25) is 4.79 Å². The number of methoxy groups -OCH3 is 1. The second-order valence-corrected chi connectivity index (χ2v) is 6.17. The van der Waals surface area contributed by atoms with Crippen molar-refractivity contribution in [2.24, 2.45) is 0 Å². The van der Waals surface area contributed by atoms with Gasteiger partial charge in [-0.25, -0.2) is 4.98 Å². The zero-order chi connectivity index (χ0) is 19.2. The average molecular weight is 361 g/mol. The number of aromatic nitrogens is 1. The Kier molecular flexibility index (Phi) is 5.71. The maximum Gasteiger partial charge on any atom is 0.257 e. The number of nitrogens with zero attached hydrogens (tertiary/aromatic N) is 1. The number of aryl methyl sites for hydroxylation is 2. The first-order valence-corrected chi connectivity index (χ1v) is 8.88. The van der Waals surface area contributed by atoms with Gasteiger partial charge in [-0.1, -0.05) is 37.3 Å². The van der Waals surface area contributed by atoms with E-state index >= 15 is 0 Å². The molecular formula is C22H23N3O2. The van der Waals surface area contributed by atoms with Gasteiger partial charge in [0.1, 0.15) is 11.6 Å². The lowest BCUT2D eigenvalue weighted by atomic mass is 10.1. The van der Waals surface area contributed by atoms with E-state index in [2.05, 4.69) is 22.5 Å². The van der Waals surface area contributed by atoms with Crippen molar-refractivity contribution in [2.45, 2.75) is 20.3 Å². The Morgan fingerprint density at radius 2 is 1.89 bits per heavy atom. The number of carbonyl (C=O) groups excluding carboxylic acids is 1. The predicted molar refractivity (Wildman–Crippen MR) is 109 cm³/mol. The van der Waals surface area contributed by atoms with Crippen molar-refractivity contribution in [3.05, 3.63) is 77.5 Å². The van der Waals surface area contributed by atoms with Crippen LogP contribution in [0.2, 0.25) is 0 Å². The lowest BCUT2D eigenvalue weighted by Gasteiger charge is -2.13. The number of carbonyl (C=O) groups is 1. The van der Waals surface area contributed by atoms with Crippen LogP contribution in [0.3, 0.4) is 0 Å². The minimum absolute atomic E-state index is 0.171. The SMILES string of the molecule is CCc1cccc(C)c1NC(=O)c1ccc(Nc2ccccc2OC)nc1. The fourth-order valence-corrected chi connectivity index (χ4v) is 2.88. The minimum Gasteiger partial charge on any atom is -0.495 e. The summed E-state index contributed by atoms with van der Waals surface area (Å²) in [6.45, 7) is 4.07. The average Bonchev–Trinajstić information content (AvgIpc) is 2.70. The van der Waals surface area contributed by atoms with Gasteiger partial charge in [0.15, 0.2) is 0 Å². The van der Waals surface area contributed by atoms with Crippen LogP contribution in [0.5, 0.6) is 5.75 Å². The van der Waals surface area contributed by atoms with Crippen LogP contribution in [0.25, 0.3) is 0 Å². The van der Waals surface area contributed by atoms with E-state index < -0.39 is 0 Å². The number of hydrogen-bond donors (Lipinski definition) is 2. The third kappa shape index (κ3) is 4.26. The molecule has 1 aromatic heterocycles. The van der Waals surface area contributed by atoms with E-state index in [0.717, 1.165) is 34.7 Å². The fourth-order valence-electron chi connectivity index (χ4n) is 2.88. The van der Waals surface area contributed by atoms with Crippen molar-refractivity contribution >= 4 is 23.1 Å². The molecule has 1 amide bonds. The van der Waals surface area contributed by atoms with Crippen LogP contribution in [0.15, 0.2) is 60.8 Å². The second kappa shape index (κ2) is 8.36. The summed E-state index contributed by atoms with van der Waals surface area (Å²) in [7, 11) is 1.62. The van der Waals surface area contributed by atoms with Gasteiger partial charge in [-0.15, -0.1) is 0 Å². The third-order valence-electron chi connectivity index (χ3n) is 4.37. The normalized spacial score (nSPS) is 10.3. The van der Waals surface area contributed by atoms with Gasteiger partial charge in [-0.2, -0.15) is 0 Å². The third-order valence-corrected chi connectivity index (χ3v) is 4.37. The van der Waals surface area contributed by atoms with E-state index in [1.54, 1.807) is 25.4 Å². The van der Waals surface area contributed by atoms with Crippen molar-refractivity contribution in [2.75, 3.05) is 17.7 Å². The highest BCUT2D eigenvalue weighted by Crippen LogP contribution is 2.26. The van der Waals surface area contributed by atoms with Crippen molar-refractivity contribution in [1.29, 1.82) is 0 Å². The molecule has 0 bridgehead atoms. The van der Waals surface area contributed by atoms with Crippen molar-refractivity contribution < 1.29 is 9.53 Å². The van der Waals surface area contributed by atoms with Gasteiger partial charge in [0.25, 0.3) is 5.91 Å². The number of para-hydroxylation sites is 3. The summed E-state index contributed by atoms with van der Waals surface area (Å²) in [5, 5.41) is 6.21. The molecule has 1 heterocycles. The Morgan fingerprint density at radius 1 is 1.07 bits per heavy atom. The van der Waals surface area contributed by atoms with Crippen molar-refractivity contribution in [3.63, 3.8) is 0 Å². The number of rotatable bonds is 6. The maximum atomic E-state index is 12.6. The molecule has 27 heavy (non-hydrogen) atoms. The molecule has 2 aromatic carbocycles. The molecule has 2 N–H and O–H groups in total. The quantitative estimate of drug-likeness (QED) is 0.651. The molecule has 0 atom stereocenters. The van der Waals surface area contributed by atoms with Crippen molar-refractivity contribution in [1.82, 2.24) is 4.98 Å². The number of anilines is 3. The van der Waals surface area contributed by atoms with Gasteiger partial charge in [0.05, 0.1) is 18.4 Å². The highest BCUT2D eigenvalue weighted by molar-refractivity contribution is 6.05. The van der Waals surface area contributed by atoms with Crippen LogP contribution < -0.4 is 15.4 Å². The summed E-state index contributed by atoms with van der Waals surface area (Å²) < 4.78 is 5.32. The number of ether oxygens (including phenoxy) is 1. The van der Waals surface area contributed by atoms with Gasteiger partial charge < -0.3 is 15.4 Å². The van der Waals surface area contributed by atoms with Crippen LogP contribution in [-0.2, 0) is 6.42 Å². The molecular weight excluding hydrogens is 338 g/mol. The first-order chi connectivity index (χ1) is 13.1. The number of nitrogens with one attached hydrogen (secondary N) is 2. The Labute approximate surface area is 159 Å². The van der Waals surface area contributed by atoms with E-state index in [1.807, 2.05) is 49.4 Å². The summed E-state index contributed by atoms with van der Waals surface area (Å²) in [5.41, 5.74) is 4.36. The van der Waals surface area contributed by atoms with Crippen LogP contribution in [-0.4, -0.2) is 18.0 Å². The molecule has 0 unspecified atom stereocenters. The second-order valence-electron chi connectivity index (χ2n) is 6.17. The molecule has 0 aliphatic heterocycles. The summed E-state index contributed by atoms with van der Waals surface area (Å²) >= 11 is 0. The zero-order valence-electron chi connectivity index (χ0n) is 15.7. The van der Waals surface area contributed by atoms with Crippen LogP contribution >= 0.6 is 0 Å². The molecule has 3 rings (SSSR count). The smallest absolute Gasteiger partial charge is 0.257 e. The monoisotopic (exact) mass is 361 g/mol. The summed E-state index contributed by atoms with van der Waals surface area (Å²) in [6, 6.07) is 17.2. The van der Waals surface area contributed by atoms with E-state index in [4.69, 9.17) is 4.74 Å². The predicted octanol–water partition coefficient (Wildman–Crippen LogP) is 4.96. The van der Waals surface area contributed by atoms with E-state index in [0.29, 0.717) is 11.4 Å². The lowest BCUT2D eigenvalue weighted by Crippen LogP contribution is -2.14. The van der Waals surface area contributed by atoms with Gasteiger partial charge in [0, 0.05) is 11.9 Å². The Balaban J connectivity index is 1.75. The highest BCUT2D eigenvalue weighted by atomic mass is 16.5. The zero-order valence-corrected chi connectivity index (χ0v) is 15.7. The number of hydrogen-bond acceptors (Lipinski definition) is 4. The molecule has 5 heteroatoms. The van der Waals surface area contributed by atoms with E-state index in [1.165, 1.54) is 0 Å². The molecule has 0 aliphatic rings. The standard InChI is InChI=1S/C22H23N3O2/c1-4-16-9-7-8-15(2)21(16)25-22(26)17-12-13-20(23-14-17)24-18-10-5-6-11-19(18)27-3/h5-14H,4H2,1-3H3,(H,23,24)(H,25,26). The van der Waals surface area contributed by atoms with Gasteiger partial charge in [-0.05, 0) is 48.7 Å². The molecule has 0 radical (unpaired) electrons. The summed E-state index contributed by atoms with van der Waals surface area (Å²) in [5.74, 6) is 1.20. The largest absolute Gasteiger partial charge is 0.495 e. The van der Waals surface area contributed by atoms with Crippen LogP contribution in [0.1, 0.15) is 28.4 Å². The molecule has 3 aromatic rings. The molecule has 0 spiro atoms. The number of pyridine rings is 1. The molecule has 138 valence electrons. The Morgan fingerprint density at radius 3 is 2.59 bits per heavy atom. The lowest BCUT2D eigenvalue weighted by molar-refractivity contribution is 0.102. The Bertz CT molecular complexity index is 937. The summed E-state index contributed by atoms with van der Waals surface area (Å²) in [6.07, 6.45) is 2.42. The number of amides is 1. The highest BCUT2D eigenvalue weighted by Gasteiger charge is 2.11. The maximum absolute atomic E-state index is 12.6. The van der Waals surface area contributed by atoms with Crippen LogP contribution in [0.4, 0.5) is 17.2 Å². The molecule has 0 saturated heterocycles. The molecule has 0 aliphatic carbocycles. The van der Waals surface area contributed by atoms with E-state index in [9.17, 15) is 4.79 Å². The topological polar surface area (TPSA) is 63.2 Å². The van der Waals surface area contributed by atoms with Gasteiger partial charge >= 0.3 is 0 Å². The van der Waals surface area contributed by atoms with E-state index in [-0.39, 0.29) is 5.91 Å². The van der Waals surface area contributed by atoms with Gasteiger partial charge in [0.2, 0.25) is 0 Å². The fraction of sp³-hybridized carbons (Fsp3) is 0.182. The Hall–Kier alpha value is -3.34. The van der Waals surface area contributed by atoms with Crippen LogP contribution in [0, 0.1) is 6.92 Å². The number of benzene rings is 2. The first kappa shape index (κ1) is 18.5. The minimum atomic E-state index is -0.171. The summed E-state index contributed by atoms with van der Waals surface area (Å²) in [4.78, 5) is 17.0. The molecule has 5 nitrogen and oxygen atoms in total. The first-order valence-electron chi connectivity index (χ1n) is 8.88.